The first-order valence-corrected chi connectivity index (χ1v) is 13.3. The van der Waals surface area contributed by atoms with Gasteiger partial charge in [-0.15, -0.1) is 0 Å². The number of hydrazine groups is 1. The van der Waals surface area contributed by atoms with Gasteiger partial charge in [0.2, 0.25) is 19.1 Å². The lowest BCUT2D eigenvalue weighted by atomic mass is 10.0. The summed E-state index contributed by atoms with van der Waals surface area (Å²) in [5.41, 5.74) is 6.15. The quantitative estimate of drug-likeness (QED) is 0.214. The minimum Gasteiger partial charge on any atom is -0.426 e. The molecule has 1 aliphatic carbocycles. The highest BCUT2D eigenvalue weighted by atomic mass is 16.7. The maximum atomic E-state index is 13.7. The average molecular weight is 568 g/mol. The van der Waals surface area contributed by atoms with Crippen molar-refractivity contribution in [3.8, 4) is 0 Å². The van der Waals surface area contributed by atoms with Crippen molar-refractivity contribution in [1.29, 1.82) is 0 Å². The first-order chi connectivity index (χ1) is 19.7. The highest BCUT2D eigenvalue weighted by molar-refractivity contribution is 6.07. The molecule has 1 aromatic rings. The molecule has 41 heavy (non-hydrogen) atoms. The predicted octanol–water partition coefficient (Wildman–Crippen LogP) is 1.29. The fourth-order valence-electron chi connectivity index (χ4n) is 4.44. The molecule has 3 aliphatic rings. The van der Waals surface area contributed by atoms with Crippen molar-refractivity contribution in [2.75, 3.05) is 19.9 Å². The zero-order valence-corrected chi connectivity index (χ0v) is 23.3. The second kappa shape index (κ2) is 12.6. The molecule has 0 spiro atoms. The van der Waals surface area contributed by atoms with Crippen molar-refractivity contribution in [1.82, 2.24) is 26.0 Å². The minimum absolute atomic E-state index is 0.208. The second-order valence-electron chi connectivity index (χ2n) is 9.82. The zero-order chi connectivity index (χ0) is 29.7. The highest BCUT2D eigenvalue weighted by Gasteiger charge is 2.45. The lowest BCUT2D eigenvalue weighted by Gasteiger charge is -2.26. The van der Waals surface area contributed by atoms with Gasteiger partial charge in [-0.05, 0) is 63.8 Å². The highest BCUT2D eigenvalue weighted by Crippen LogP contribution is 2.35. The molecule has 0 radical (unpaired) electrons. The molecule has 2 heterocycles. The number of hydrogen-bond donors (Lipinski definition) is 3. The van der Waals surface area contributed by atoms with Crippen molar-refractivity contribution < 1.29 is 33.4 Å². The Labute approximate surface area is 236 Å². The normalized spacial score (nSPS) is 19.2. The van der Waals surface area contributed by atoms with E-state index in [4.69, 9.17) is 14.5 Å². The molecule has 14 heteroatoms. The Morgan fingerprint density at radius 1 is 1.24 bits per heavy atom. The molecule has 2 atom stereocenters. The largest absolute Gasteiger partial charge is 0.426 e. The van der Waals surface area contributed by atoms with E-state index in [2.05, 4.69) is 21.1 Å². The maximum Gasteiger partial charge on any atom is 0.419 e. The molecule has 1 saturated carbocycles. The number of aryl methyl sites for hydroxylation is 1. The number of nitrogens with zero attached hydrogens (tertiary/aromatic N) is 4. The summed E-state index contributed by atoms with van der Waals surface area (Å²) < 4.78 is 9.95. The Bertz CT molecular complexity index is 1340. The van der Waals surface area contributed by atoms with Crippen molar-refractivity contribution >= 4 is 48.1 Å². The molecule has 2 unspecified atom stereocenters. The zero-order valence-electron chi connectivity index (χ0n) is 23.3. The molecule has 0 saturated heterocycles. The summed E-state index contributed by atoms with van der Waals surface area (Å²) in [6.45, 7) is 6.95. The van der Waals surface area contributed by atoms with E-state index in [-0.39, 0.29) is 18.5 Å². The average Bonchev–Trinajstić information content (AvgIpc) is 3.71. The smallest absolute Gasteiger partial charge is 0.419 e. The van der Waals surface area contributed by atoms with Gasteiger partial charge in [0.05, 0.1) is 18.2 Å². The number of amides is 4. The number of esters is 1. The summed E-state index contributed by atoms with van der Waals surface area (Å²) in [7, 11) is 0. The van der Waals surface area contributed by atoms with Crippen LogP contribution < -0.4 is 16.1 Å². The van der Waals surface area contributed by atoms with Crippen LogP contribution >= 0.6 is 0 Å². The third kappa shape index (κ3) is 6.53. The van der Waals surface area contributed by atoms with Crippen LogP contribution in [0.15, 0.2) is 39.5 Å². The Balaban J connectivity index is 1.52. The van der Waals surface area contributed by atoms with Gasteiger partial charge in [-0.3, -0.25) is 24.8 Å². The fourth-order valence-corrected chi connectivity index (χ4v) is 4.44. The number of ether oxygens (including phenoxy) is 2. The third-order valence-corrected chi connectivity index (χ3v) is 6.88. The van der Waals surface area contributed by atoms with Gasteiger partial charge in [0, 0.05) is 18.2 Å². The number of fused-ring (bicyclic) bond motifs is 1. The van der Waals surface area contributed by atoms with Gasteiger partial charge in [-0.2, -0.15) is 0 Å². The Hall–Kier alpha value is -4.75. The van der Waals surface area contributed by atoms with E-state index in [1.165, 1.54) is 13.3 Å². The lowest BCUT2D eigenvalue weighted by Crippen LogP contribution is -2.46. The summed E-state index contributed by atoms with van der Waals surface area (Å²) in [4.78, 5) is 71.4. The van der Waals surface area contributed by atoms with Gasteiger partial charge in [-0.1, -0.05) is 6.07 Å². The molecule has 4 rings (SSSR count). The maximum absolute atomic E-state index is 13.7. The van der Waals surface area contributed by atoms with Crippen LogP contribution in [0.1, 0.15) is 49.5 Å². The molecule has 0 aromatic heterocycles. The lowest BCUT2D eigenvalue weighted by molar-refractivity contribution is -0.155. The van der Waals surface area contributed by atoms with E-state index in [0.717, 1.165) is 10.5 Å². The molecule has 218 valence electrons. The monoisotopic (exact) mass is 567 g/mol. The fraction of sp³-hybridized carbons (Fsp3) is 0.444. The van der Waals surface area contributed by atoms with Crippen LogP contribution in [0.25, 0.3) is 0 Å². The van der Waals surface area contributed by atoms with Crippen LogP contribution in [0.5, 0.6) is 0 Å². The number of carbonyl (C=O) groups excluding carboxylic acids is 5. The van der Waals surface area contributed by atoms with Crippen LogP contribution in [-0.4, -0.2) is 84.3 Å². The van der Waals surface area contributed by atoms with Gasteiger partial charge in [0.15, 0.2) is 5.84 Å². The number of nitrogens with one attached hydrogen (secondary N) is 3. The number of amidine groups is 1. The molecular formula is C27H33N7O7. The summed E-state index contributed by atoms with van der Waals surface area (Å²) in [5, 5.41) is 6.75. The molecule has 0 bridgehead atoms. The molecular weight excluding hydrogens is 534 g/mol. The van der Waals surface area contributed by atoms with Crippen LogP contribution in [0, 0.1) is 12.8 Å². The van der Waals surface area contributed by atoms with Gasteiger partial charge >= 0.3 is 12.1 Å². The summed E-state index contributed by atoms with van der Waals surface area (Å²) in [5.74, 6) is -1.78. The summed E-state index contributed by atoms with van der Waals surface area (Å²) >= 11 is 0. The van der Waals surface area contributed by atoms with Crippen molar-refractivity contribution in [2.45, 2.75) is 52.6 Å². The van der Waals surface area contributed by atoms with Crippen molar-refractivity contribution in [3.63, 3.8) is 0 Å². The Morgan fingerprint density at radius 3 is 2.68 bits per heavy atom. The van der Waals surface area contributed by atoms with Crippen LogP contribution in [0.3, 0.4) is 0 Å². The van der Waals surface area contributed by atoms with Crippen LogP contribution in [0.4, 0.5) is 10.5 Å². The number of hydrogen-bond acceptors (Lipinski definition) is 10. The SMILES string of the molecule is CCNC(=O)c1ccc(C)c(N=C2N=CNN3CC(C(=O)N(C(=O)OCOC(=O)C(C)NC=O)C4CC4)C(C)=C23)c1. The molecule has 1 fully saturated rings. The molecule has 2 aliphatic heterocycles. The van der Waals surface area contributed by atoms with Gasteiger partial charge in [-0.25, -0.2) is 24.5 Å². The first kappa shape index (κ1) is 29.2. The van der Waals surface area contributed by atoms with E-state index >= 15 is 0 Å². The number of rotatable bonds is 10. The van der Waals surface area contributed by atoms with E-state index < -0.39 is 36.7 Å². The first-order valence-electron chi connectivity index (χ1n) is 13.3. The van der Waals surface area contributed by atoms with E-state index in [1.807, 2.05) is 19.9 Å². The molecule has 3 N–H and O–H groups in total. The van der Waals surface area contributed by atoms with E-state index in [1.54, 1.807) is 24.1 Å². The van der Waals surface area contributed by atoms with Crippen LogP contribution in [0.2, 0.25) is 0 Å². The molecule has 14 nitrogen and oxygen atoms in total. The second-order valence-corrected chi connectivity index (χ2v) is 9.82. The summed E-state index contributed by atoms with van der Waals surface area (Å²) in [6.07, 6.45) is 2.19. The Morgan fingerprint density at radius 2 is 2.00 bits per heavy atom. The third-order valence-electron chi connectivity index (χ3n) is 6.88. The topological polar surface area (TPSA) is 171 Å². The van der Waals surface area contributed by atoms with E-state index in [0.29, 0.717) is 54.2 Å². The van der Waals surface area contributed by atoms with Gasteiger partial charge in [0.1, 0.15) is 18.1 Å². The summed E-state index contributed by atoms with van der Waals surface area (Å²) in [6, 6.07) is 4.00. The molecule has 1 aromatic carbocycles. The Kier molecular flexibility index (Phi) is 9.00. The van der Waals surface area contributed by atoms with Gasteiger partial charge in [0.25, 0.3) is 5.91 Å². The van der Waals surface area contributed by atoms with E-state index in [9.17, 15) is 24.0 Å². The number of carbonyl (C=O) groups is 5. The number of benzene rings is 1. The molecule has 4 amide bonds. The standard InChI is InChI=1S/C27H33N7O7/c1-5-28-24(36)18-7-6-15(2)21(10-18)32-23-22-16(3)20(11-33(22)31-12-29-23)25(37)34(19-8-9-19)27(39)41-14-40-26(38)17(4)30-13-35/h6-7,10,12-13,17,19-20H,5,8-9,11,14H2,1-4H3,(H,28,36)(H,30,35)(H,29,31,32). The number of imide groups is 1. The van der Waals surface area contributed by atoms with Crippen molar-refractivity contribution in [3.05, 3.63) is 40.6 Å². The van der Waals surface area contributed by atoms with Crippen LogP contribution in [-0.2, 0) is 23.9 Å². The number of aliphatic imine (C=N–C) groups is 2. The minimum atomic E-state index is -0.917. The predicted molar refractivity (Wildman–Crippen MR) is 147 cm³/mol. The van der Waals surface area contributed by atoms with Gasteiger partial charge < -0.3 is 20.1 Å². The van der Waals surface area contributed by atoms with Crippen molar-refractivity contribution in [2.24, 2.45) is 15.9 Å².